The molecule has 4 nitrogen and oxygen atoms in total. The Kier molecular flexibility index (Phi) is 2.57. The van der Waals surface area contributed by atoms with Crippen molar-refractivity contribution in [2.45, 2.75) is 11.4 Å². The molecule has 88 valence electrons. The fraction of sp³-hybridized carbons (Fsp3) is 0.250. The zero-order valence-electron chi connectivity index (χ0n) is 9.01. The molecule has 17 heavy (non-hydrogen) atoms. The molecule has 0 amide bonds. The number of hydrogen-bond acceptors (Lipinski definition) is 3. The maximum atomic E-state index is 10.9. The number of rotatable bonds is 2. The molecule has 2 atom stereocenters. The Morgan fingerprint density at radius 3 is 3.06 bits per heavy atom. The van der Waals surface area contributed by atoms with Crippen molar-refractivity contribution >= 4 is 28.6 Å². The molecule has 2 aromatic rings. The molecule has 0 saturated carbocycles. The summed E-state index contributed by atoms with van der Waals surface area (Å²) in [6, 6.07) is 7.64. The van der Waals surface area contributed by atoms with Crippen LogP contribution < -0.4 is 5.32 Å². The van der Waals surface area contributed by atoms with Crippen LogP contribution in [-0.2, 0) is 4.79 Å². The second-order valence-corrected chi connectivity index (χ2v) is 5.20. The molecule has 1 saturated heterocycles. The van der Waals surface area contributed by atoms with Gasteiger partial charge < -0.3 is 10.1 Å². The number of hydrogen-bond donors (Lipinski definition) is 3. The lowest BCUT2D eigenvalue weighted by atomic mass is 10.1. The molecule has 1 aromatic heterocycles. The van der Waals surface area contributed by atoms with Crippen LogP contribution in [-0.4, -0.2) is 27.9 Å². The predicted molar refractivity (Wildman–Crippen MR) is 68.1 cm³/mol. The van der Waals surface area contributed by atoms with Crippen LogP contribution in [0.15, 0.2) is 30.5 Å². The summed E-state index contributed by atoms with van der Waals surface area (Å²) < 4.78 is 0. The zero-order valence-corrected chi connectivity index (χ0v) is 9.83. The third kappa shape index (κ3) is 1.81. The number of nitrogens with one attached hydrogen (secondary N) is 2. The van der Waals surface area contributed by atoms with Crippen molar-refractivity contribution in [3.8, 4) is 0 Å². The monoisotopic (exact) mass is 248 g/mol. The molecule has 5 heteroatoms. The first-order chi connectivity index (χ1) is 8.25. The molecule has 1 aliphatic heterocycles. The van der Waals surface area contributed by atoms with E-state index in [1.807, 2.05) is 30.5 Å². The summed E-state index contributed by atoms with van der Waals surface area (Å²) in [6.45, 7) is 0. The molecular formula is C12H12N2O2S. The Morgan fingerprint density at radius 1 is 1.41 bits per heavy atom. The average Bonchev–Trinajstić information content (AvgIpc) is 2.97. The third-order valence-corrected chi connectivity index (χ3v) is 4.24. The van der Waals surface area contributed by atoms with Gasteiger partial charge in [0.15, 0.2) is 0 Å². The molecule has 0 bridgehead atoms. The number of carboxylic acids is 1. The Balaban J connectivity index is 1.95. The number of H-pyrrole nitrogens is 1. The fourth-order valence-electron chi connectivity index (χ4n) is 2.13. The van der Waals surface area contributed by atoms with E-state index in [2.05, 4.69) is 10.3 Å². The largest absolute Gasteiger partial charge is 0.480 e. The summed E-state index contributed by atoms with van der Waals surface area (Å²) in [4.78, 5) is 14.1. The van der Waals surface area contributed by atoms with Gasteiger partial charge in [-0.2, -0.15) is 0 Å². The SMILES string of the molecule is O=C(O)[C@H]1CS[C@@H](c2cccc3[nH]ccc23)N1. The van der Waals surface area contributed by atoms with E-state index < -0.39 is 12.0 Å². The van der Waals surface area contributed by atoms with E-state index in [-0.39, 0.29) is 5.37 Å². The van der Waals surface area contributed by atoms with E-state index in [0.29, 0.717) is 5.75 Å². The Bertz CT molecular complexity index is 566. The summed E-state index contributed by atoms with van der Waals surface area (Å²) in [7, 11) is 0. The van der Waals surface area contributed by atoms with Gasteiger partial charge in [-0.15, -0.1) is 11.8 Å². The fourth-order valence-corrected chi connectivity index (χ4v) is 3.40. The number of aromatic nitrogens is 1. The lowest BCUT2D eigenvalue weighted by Gasteiger charge is -2.12. The number of fused-ring (bicyclic) bond motifs is 1. The van der Waals surface area contributed by atoms with Crippen LogP contribution in [0.3, 0.4) is 0 Å². The number of carboxylic acid groups (broad SMARTS) is 1. The minimum absolute atomic E-state index is 0.0654. The molecule has 1 fully saturated rings. The van der Waals surface area contributed by atoms with Crippen molar-refractivity contribution in [2.24, 2.45) is 0 Å². The first-order valence-electron chi connectivity index (χ1n) is 5.42. The highest BCUT2D eigenvalue weighted by Crippen LogP contribution is 2.36. The van der Waals surface area contributed by atoms with Gasteiger partial charge in [0.1, 0.15) is 6.04 Å². The summed E-state index contributed by atoms with van der Waals surface area (Å²) in [6.07, 6.45) is 1.91. The number of carbonyl (C=O) groups is 1. The van der Waals surface area contributed by atoms with Crippen LogP contribution in [0.2, 0.25) is 0 Å². The van der Waals surface area contributed by atoms with E-state index in [1.54, 1.807) is 11.8 Å². The van der Waals surface area contributed by atoms with Crippen LogP contribution in [0.4, 0.5) is 0 Å². The summed E-state index contributed by atoms with van der Waals surface area (Å²) in [5.74, 6) is -0.165. The van der Waals surface area contributed by atoms with E-state index in [9.17, 15) is 4.79 Å². The molecule has 2 heterocycles. The van der Waals surface area contributed by atoms with Gasteiger partial charge in [-0.05, 0) is 17.7 Å². The van der Waals surface area contributed by atoms with Gasteiger partial charge in [0.05, 0.1) is 5.37 Å². The molecule has 1 aliphatic rings. The first-order valence-corrected chi connectivity index (χ1v) is 6.47. The van der Waals surface area contributed by atoms with E-state index in [4.69, 9.17) is 5.11 Å². The molecule has 3 rings (SSSR count). The highest BCUT2D eigenvalue weighted by molar-refractivity contribution is 7.99. The van der Waals surface area contributed by atoms with Gasteiger partial charge in [0, 0.05) is 22.9 Å². The van der Waals surface area contributed by atoms with Crippen LogP contribution in [0.1, 0.15) is 10.9 Å². The Labute approximate surface area is 102 Å². The van der Waals surface area contributed by atoms with E-state index >= 15 is 0 Å². The van der Waals surface area contributed by atoms with Crippen molar-refractivity contribution in [1.29, 1.82) is 0 Å². The number of benzene rings is 1. The standard InChI is InChI=1S/C12H12N2O2S/c15-12(16)10-6-17-11(14-10)8-2-1-3-9-7(8)4-5-13-9/h1-5,10-11,13-14H,6H2,(H,15,16)/t10-,11+/m1/s1. The van der Waals surface area contributed by atoms with Crippen molar-refractivity contribution in [3.63, 3.8) is 0 Å². The lowest BCUT2D eigenvalue weighted by Crippen LogP contribution is -2.33. The van der Waals surface area contributed by atoms with Crippen LogP contribution >= 0.6 is 11.8 Å². The topological polar surface area (TPSA) is 65.1 Å². The third-order valence-electron chi connectivity index (χ3n) is 2.99. The second-order valence-electron chi connectivity index (χ2n) is 4.06. The average molecular weight is 248 g/mol. The smallest absolute Gasteiger partial charge is 0.321 e. The van der Waals surface area contributed by atoms with Crippen molar-refractivity contribution < 1.29 is 9.90 Å². The minimum Gasteiger partial charge on any atom is -0.480 e. The molecule has 1 aromatic carbocycles. The predicted octanol–water partition coefficient (Wildman–Crippen LogP) is 1.96. The maximum Gasteiger partial charge on any atom is 0.321 e. The molecule has 0 aliphatic carbocycles. The van der Waals surface area contributed by atoms with Gasteiger partial charge in [0.25, 0.3) is 0 Å². The van der Waals surface area contributed by atoms with Crippen LogP contribution in [0.5, 0.6) is 0 Å². The van der Waals surface area contributed by atoms with Gasteiger partial charge in [0.2, 0.25) is 0 Å². The van der Waals surface area contributed by atoms with Gasteiger partial charge in [-0.1, -0.05) is 12.1 Å². The summed E-state index contributed by atoms with van der Waals surface area (Å²) in [5.41, 5.74) is 2.24. The summed E-state index contributed by atoms with van der Waals surface area (Å²) in [5, 5.41) is 13.3. The first kappa shape index (κ1) is 10.7. The van der Waals surface area contributed by atoms with Gasteiger partial charge in [-0.3, -0.25) is 10.1 Å². The van der Waals surface area contributed by atoms with E-state index in [0.717, 1.165) is 16.5 Å². The van der Waals surface area contributed by atoms with Gasteiger partial charge in [-0.25, -0.2) is 0 Å². The second kappa shape index (κ2) is 4.09. The lowest BCUT2D eigenvalue weighted by molar-refractivity contribution is -0.138. The highest BCUT2D eigenvalue weighted by Gasteiger charge is 2.30. The Hall–Kier alpha value is -1.46. The van der Waals surface area contributed by atoms with E-state index in [1.165, 1.54) is 0 Å². The molecular weight excluding hydrogens is 236 g/mol. The normalized spacial score (nSPS) is 24.2. The van der Waals surface area contributed by atoms with Gasteiger partial charge >= 0.3 is 5.97 Å². The zero-order chi connectivity index (χ0) is 11.8. The van der Waals surface area contributed by atoms with Crippen LogP contribution in [0.25, 0.3) is 10.9 Å². The van der Waals surface area contributed by atoms with Crippen molar-refractivity contribution in [3.05, 3.63) is 36.0 Å². The van der Waals surface area contributed by atoms with Crippen LogP contribution in [0, 0.1) is 0 Å². The summed E-state index contributed by atoms with van der Waals surface area (Å²) >= 11 is 1.64. The highest BCUT2D eigenvalue weighted by atomic mass is 32.2. The quantitative estimate of drug-likeness (QED) is 0.760. The maximum absolute atomic E-state index is 10.9. The minimum atomic E-state index is -0.777. The number of aliphatic carboxylic acids is 1. The molecule has 0 radical (unpaired) electrons. The molecule has 3 N–H and O–H groups in total. The van der Waals surface area contributed by atoms with Crippen molar-refractivity contribution in [2.75, 3.05) is 5.75 Å². The Morgan fingerprint density at radius 2 is 2.29 bits per heavy atom. The molecule has 0 spiro atoms. The molecule has 0 unspecified atom stereocenters. The number of aromatic amines is 1. The van der Waals surface area contributed by atoms with Crippen molar-refractivity contribution in [1.82, 2.24) is 10.3 Å². The number of thioether (sulfide) groups is 1.